The molecule has 0 radical (unpaired) electrons. The van der Waals surface area contributed by atoms with E-state index in [4.69, 9.17) is 9.47 Å². The van der Waals surface area contributed by atoms with Crippen molar-refractivity contribution in [1.82, 2.24) is 4.90 Å². The zero-order valence-electron chi connectivity index (χ0n) is 16.2. The summed E-state index contributed by atoms with van der Waals surface area (Å²) < 4.78 is 12.0. The molecule has 2 aromatic carbocycles. The van der Waals surface area contributed by atoms with Crippen molar-refractivity contribution < 1.29 is 14.3 Å². The number of carbonyl (C=O) groups is 1. The molecule has 2 fully saturated rings. The Kier molecular flexibility index (Phi) is 3.46. The number of carbonyl (C=O) groups excluding carboxylic acids is 1. The van der Waals surface area contributed by atoms with E-state index in [1.165, 1.54) is 16.7 Å². The van der Waals surface area contributed by atoms with Crippen molar-refractivity contribution in [3.05, 3.63) is 59.2 Å². The van der Waals surface area contributed by atoms with Crippen LogP contribution in [0.3, 0.4) is 0 Å². The van der Waals surface area contributed by atoms with Crippen molar-refractivity contribution in [1.29, 1.82) is 0 Å². The van der Waals surface area contributed by atoms with Gasteiger partial charge in [0.25, 0.3) is 0 Å². The van der Waals surface area contributed by atoms with Crippen LogP contribution in [0.25, 0.3) is 0 Å². The summed E-state index contributed by atoms with van der Waals surface area (Å²) in [5, 5.41) is 0. The fourth-order valence-corrected chi connectivity index (χ4v) is 6.57. The van der Waals surface area contributed by atoms with E-state index in [2.05, 4.69) is 41.3 Å². The Balaban J connectivity index is 1.47. The van der Waals surface area contributed by atoms with E-state index in [1.54, 1.807) is 7.11 Å². The smallest absolute Gasteiger partial charge is 0.174 e. The van der Waals surface area contributed by atoms with Crippen LogP contribution in [-0.4, -0.2) is 36.5 Å². The molecule has 1 saturated heterocycles. The third kappa shape index (κ3) is 2.02. The molecule has 4 nitrogen and oxygen atoms in total. The van der Waals surface area contributed by atoms with E-state index in [-0.39, 0.29) is 17.3 Å². The molecule has 1 saturated carbocycles. The molecule has 144 valence electrons. The van der Waals surface area contributed by atoms with Crippen LogP contribution in [0.4, 0.5) is 0 Å². The van der Waals surface area contributed by atoms with Crippen molar-refractivity contribution >= 4 is 5.78 Å². The lowest BCUT2D eigenvalue weighted by molar-refractivity contribution is -0.139. The van der Waals surface area contributed by atoms with Crippen LogP contribution in [-0.2, 0) is 23.2 Å². The van der Waals surface area contributed by atoms with Gasteiger partial charge in [-0.3, -0.25) is 9.69 Å². The molecule has 0 aromatic heterocycles. The lowest BCUT2D eigenvalue weighted by atomic mass is 9.51. The number of hydrogen-bond donors (Lipinski definition) is 0. The van der Waals surface area contributed by atoms with Crippen molar-refractivity contribution in [2.75, 3.05) is 13.7 Å². The lowest BCUT2D eigenvalue weighted by Crippen LogP contribution is -2.65. The minimum absolute atomic E-state index is 0.148. The molecule has 0 amide bonds. The Bertz CT molecular complexity index is 956. The minimum Gasteiger partial charge on any atom is -0.493 e. The molecule has 0 N–H and O–H groups in total. The minimum atomic E-state index is -0.321. The number of methoxy groups -OCH3 is 1. The topological polar surface area (TPSA) is 38.8 Å². The lowest BCUT2D eigenvalue weighted by Gasteiger charge is -2.57. The van der Waals surface area contributed by atoms with Gasteiger partial charge in [0.1, 0.15) is 0 Å². The van der Waals surface area contributed by atoms with Crippen molar-refractivity contribution in [3.63, 3.8) is 0 Å². The van der Waals surface area contributed by atoms with Crippen LogP contribution in [0.1, 0.15) is 36.0 Å². The Labute approximate surface area is 165 Å². The highest BCUT2D eigenvalue weighted by Crippen LogP contribution is 2.63. The van der Waals surface area contributed by atoms with Crippen LogP contribution in [0.5, 0.6) is 11.5 Å². The predicted molar refractivity (Wildman–Crippen MR) is 106 cm³/mol. The maximum Gasteiger partial charge on any atom is 0.174 e. The third-order valence-corrected chi connectivity index (χ3v) is 7.66. The molecule has 4 atom stereocenters. The first-order valence-corrected chi connectivity index (χ1v) is 10.4. The highest BCUT2D eigenvalue weighted by atomic mass is 16.5. The molecule has 2 bridgehead atoms. The summed E-state index contributed by atoms with van der Waals surface area (Å²) in [6.07, 6.45) is 3.32. The number of ketones is 1. The van der Waals surface area contributed by atoms with Crippen LogP contribution in [0, 0.1) is 5.92 Å². The van der Waals surface area contributed by atoms with Gasteiger partial charge in [-0.25, -0.2) is 0 Å². The van der Waals surface area contributed by atoms with E-state index >= 15 is 0 Å². The summed E-state index contributed by atoms with van der Waals surface area (Å²) in [7, 11) is 1.69. The maximum absolute atomic E-state index is 12.9. The molecule has 1 spiro atoms. The fourth-order valence-electron chi connectivity index (χ4n) is 6.57. The van der Waals surface area contributed by atoms with Gasteiger partial charge in [-0.1, -0.05) is 36.4 Å². The number of Topliss-reactive ketones (excluding diaryl/α,β-unsaturated/α-hetero) is 1. The van der Waals surface area contributed by atoms with E-state index < -0.39 is 0 Å². The monoisotopic (exact) mass is 375 g/mol. The van der Waals surface area contributed by atoms with Gasteiger partial charge in [-0.2, -0.15) is 0 Å². The second kappa shape index (κ2) is 5.84. The van der Waals surface area contributed by atoms with Crippen LogP contribution >= 0.6 is 0 Å². The predicted octanol–water partition coefficient (Wildman–Crippen LogP) is 3.50. The second-order valence-corrected chi connectivity index (χ2v) is 8.76. The summed E-state index contributed by atoms with van der Waals surface area (Å²) in [6, 6.07) is 15.5. The van der Waals surface area contributed by atoms with Gasteiger partial charge in [-0.05, 0) is 48.9 Å². The number of piperidine rings is 1. The van der Waals surface area contributed by atoms with Gasteiger partial charge in [0.15, 0.2) is 23.4 Å². The molecule has 6 rings (SSSR count). The first kappa shape index (κ1) is 16.6. The molecular weight excluding hydrogens is 350 g/mol. The first-order chi connectivity index (χ1) is 13.7. The highest BCUT2D eigenvalue weighted by molar-refractivity contribution is 5.89. The van der Waals surface area contributed by atoms with E-state index in [1.807, 2.05) is 6.07 Å². The maximum atomic E-state index is 12.9. The molecule has 2 heterocycles. The molecule has 2 aliphatic carbocycles. The van der Waals surface area contributed by atoms with Gasteiger partial charge in [0, 0.05) is 30.0 Å². The third-order valence-electron chi connectivity index (χ3n) is 7.66. The number of nitrogens with zero attached hydrogens (tertiary/aromatic N) is 1. The van der Waals surface area contributed by atoms with Gasteiger partial charge in [0.05, 0.1) is 7.11 Å². The van der Waals surface area contributed by atoms with Crippen molar-refractivity contribution in [2.45, 2.75) is 49.8 Å². The molecule has 4 heteroatoms. The summed E-state index contributed by atoms with van der Waals surface area (Å²) in [4.78, 5) is 15.6. The number of likely N-dealkylation sites (tertiary alicyclic amines) is 1. The van der Waals surface area contributed by atoms with E-state index in [0.717, 1.165) is 43.9 Å². The van der Waals surface area contributed by atoms with Crippen molar-refractivity contribution in [2.24, 2.45) is 5.92 Å². The number of hydrogen-bond acceptors (Lipinski definition) is 4. The highest BCUT2D eigenvalue weighted by Gasteiger charge is 2.65. The molecule has 2 aromatic rings. The van der Waals surface area contributed by atoms with Crippen LogP contribution in [0.2, 0.25) is 0 Å². The average Bonchev–Trinajstić information content (AvgIpc) is 3.07. The Morgan fingerprint density at radius 2 is 2.07 bits per heavy atom. The summed E-state index contributed by atoms with van der Waals surface area (Å²) in [6.45, 7) is 2.00. The largest absolute Gasteiger partial charge is 0.493 e. The van der Waals surface area contributed by atoms with Crippen LogP contribution in [0.15, 0.2) is 42.5 Å². The Hall–Kier alpha value is -2.33. The SMILES string of the molecule is COc1ccc2c3c1O[C@@H]1C(=O)CC[C@@H]4[C@H](C2)N(Cc2ccccc2)CCC314. The van der Waals surface area contributed by atoms with Gasteiger partial charge in [0.2, 0.25) is 0 Å². The Morgan fingerprint density at radius 3 is 2.89 bits per heavy atom. The zero-order valence-corrected chi connectivity index (χ0v) is 16.2. The summed E-state index contributed by atoms with van der Waals surface area (Å²) in [5.74, 6) is 2.38. The average molecular weight is 375 g/mol. The quantitative estimate of drug-likeness (QED) is 0.823. The van der Waals surface area contributed by atoms with Crippen molar-refractivity contribution in [3.8, 4) is 11.5 Å². The first-order valence-electron chi connectivity index (χ1n) is 10.4. The number of ether oxygens (including phenoxy) is 2. The molecular formula is C24H25NO3. The molecule has 2 aliphatic heterocycles. The van der Waals surface area contributed by atoms with Gasteiger partial charge >= 0.3 is 0 Å². The van der Waals surface area contributed by atoms with Gasteiger partial charge < -0.3 is 9.47 Å². The van der Waals surface area contributed by atoms with E-state index in [0.29, 0.717) is 18.4 Å². The van der Waals surface area contributed by atoms with Crippen LogP contribution < -0.4 is 9.47 Å². The van der Waals surface area contributed by atoms with Gasteiger partial charge in [-0.15, -0.1) is 0 Å². The zero-order chi connectivity index (χ0) is 18.9. The van der Waals surface area contributed by atoms with E-state index in [9.17, 15) is 4.79 Å². The normalized spacial score (nSPS) is 32.6. The standard InChI is InChI=1S/C24H25NO3/c1-27-20-10-7-16-13-18-17-8-9-19(26)23-24(17,21(16)22(20)28-23)11-12-25(18)14-15-5-3-2-4-6-15/h2-7,10,17-18,23H,8-9,11-14H2,1H3/t17-,18+,23-,24?/m1/s1. The molecule has 28 heavy (non-hydrogen) atoms. The summed E-state index contributed by atoms with van der Waals surface area (Å²) >= 11 is 0. The second-order valence-electron chi connectivity index (χ2n) is 8.76. The fraction of sp³-hybridized carbons (Fsp3) is 0.458. The Morgan fingerprint density at radius 1 is 1.21 bits per heavy atom. The number of rotatable bonds is 3. The molecule has 1 unspecified atom stereocenters. The summed E-state index contributed by atoms with van der Waals surface area (Å²) in [5.41, 5.74) is 3.87. The number of benzene rings is 2. The molecule has 4 aliphatic rings.